The topological polar surface area (TPSA) is 99.5 Å². The van der Waals surface area contributed by atoms with Gasteiger partial charge in [0.25, 0.3) is 11.5 Å². The fourth-order valence-corrected chi connectivity index (χ4v) is 2.64. The quantitative estimate of drug-likeness (QED) is 0.556. The van der Waals surface area contributed by atoms with E-state index in [9.17, 15) is 18.8 Å². The molecule has 9 heteroatoms. The van der Waals surface area contributed by atoms with Gasteiger partial charge in [-0.05, 0) is 36.8 Å². The largest absolute Gasteiger partial charge is 0.481 e. The van der Waals surface area contributed by atoms with Crippen molar-refractivity contribution in [3.8, 4) is 11.4 Å². The number of rotatable bonds is 8. The summed E-state index contributed by atoms with van der Waals surface area (Å²) in [6.07, 6.45) is 0. The average Bonchev–Trinajstić information content (AvgIpc) is 2.78. The van der Waals surface area contributed by atoms with Crippen LogP contribution in [-0.4, -0.2) is 34.9 Å². The molecule has 0 bridgehead atoms. The van der Waals surface area contributed by atoms with Gasteiger partial charge in [0.05, 0.1) is 18.4 Å². The lowest BCUT2D eigenvalue weighted by Gasteiger charge is -2.12. The van der Waals surface area contributed by atoms with Crippen LogP contribution in [-0.2, 0) is 16.1 Å². The maximum atomic E-state index is 12.9. The summed E-state index contributed by atoms with van der Waals surface area (Å²) in [5.41, 5.74) is 0.397. The van der Waals surface area contributed by atoms with E-state index < -0.39 is 24.0 Å². The highest BCUT2D eigenvalue weighted by Crippen LogP contribution is 2.16. The molecule has 1 amide bonds. The first-order valence-corrected chi connectivity index (χ1v) is 9.48. The number of benzene rings is 2. The van der Waals surface area contributed by atoms with E-state index in [-0.39, 0.29) is 30.4 Å². The summed E-state index contributed by atoms with van der Waals surface area (Å²) in [4.78, 5) is 36.9. The van der Waals surface area contributed by atoms with Gasteiger partial charge in [-0.25, -0.2) is 9.18 Å². The first-order chi connectivity index (χ1) is 15.0. The van der Waals surface area contributed by atoms with E-state index >= 15 is 0 Å². The zero-order valence-corrected chi connectivity index (χ0v) is 16.7. The van der Waals surface area contributed by atoms with E-state index in [4.69, 9.17) is 9.47 Å². The van der Waals surface area contributed by atoms with Gasteiger partial charge < -0.3 is 14.8 Å². The lowest BCUT2D eigenvalue weighted by molar-refractivity contribution is -0.123. The Kier molecular flexibility index (Phi) is 7.10. The normalized spacial score (nSPS) is 10.4. The molecule has 1 aromatic heterocycles. The summed E-state index contributed by atoms with van der Waals surface area (Å²) in [5, 5.41) is 6.69. The maximum absolute atomic E-state index is 12.9. The number of nitrogens with zero attached hydrogens (tertiary/aromatic N) is 2. The summed E-state index contributed by atoms with van der Waals surface area (Å²) in [6.45, 7) is 1.45. The maximum Gasteiger partial charge on any atom is 0.362 e. The summed E-state index contributed by atoms with van der Waals surface area (Å²) in [5.74, 6) is -1.81. The lowest BCUT2D eigenvalue weighted by Crippen LogP contribution is -2.30. The van der Waals surface area contributed by atoms with Gasteiger partial charge >= 0.3 is 5.97 Å². The Bertz CT molecular complexity index is 1110. The summed E-state index contributed by atoms with van der Waals surface area (Å²) in [6, 6.07) is 15.3. The molecule has 0 radical (unpaired) electrons. The second-order valence-electron chi connectivity index (χ2n) is 6.36. The number of carbonyl (C=O) groups excluding carboxylic acids is 2. The van der Waals surface area contributed by atoms with E-state index in [1.54, 1.807) is 49.4 Å². The predicted octanol–water partition coefficient (Wildman–Crippen LogP) is 2.24. The van der Waals surface area contributed by atoms with E-state index in [1.165, 1.54) is 12.1 Å². The molecule has 0 aliphatic carbocycles. The minimum absolute atomic E-state index is 0.0998. The Hall–Kier alpha value is -4.01. The van der Waals surface area contributed by atoms with Crippen molar-refractivity contribution < 1.29 is 23.5 Å². The number of nitrogens with one attached hydrogen (secondary N) is 1. The van der Waals surface area contributed by atoms with E-state index in [2.05, 4.69) is 10.4 Å². The van der Waals surface area contributed by atoms with Crippen molar-refractivity contribution in [2.24, 2.45) is 0 Å². The van der Waals surface area contributed by atoms with E-state index in [1.807, 2.05) is 0 Å². The first kappa shape index (κ1) is 21.7. The van der Waals surface area contributed by atoms with Crippen LogP contribution in [0.2, 0.25) is 0 Å². The zero-order valence-electron chi connectivity index (χ0n) is 16.7. The van der Waals surface area contributed by atoms with Crippen molar-refractivity contribution in [3.05, 3.63) is 88.1 Å². The highest BCUT2D eigenvalue weighted by Gasteiger charge is 2.20. The van der Waals surface area contributed by atoms with Crippen LogP contribution >= 0.6 is 0 Å². The van der Waals surface area contributed by atoms with Gasteiger partial charge in [0.1, 0.15) is 5.82 Å². The number of esters is 1. The SMILES string of the molecule is CCOC(=O)c1nn(-c2ccccc2)c(=O)cc1OCC(=O)NCc1ccc(F)cc1. The monoisotopic (exact) mass is 425 g/mol. The van der Waals surface area contributed by atoms with Gasteiger partial charge in [-0.3, -0.25) is 9.59 Å². The molecule has 2 aromatic carbocycles. The molecular formula is C22H20FN3O5. The molecule has 0 fully saturated rings. The van der Waals surface area contributed by atoms with Crippen molar-refractivity contribution in [1.82, 2.24) is 15.1 Å². The molecule has 0 saturated heterocycles. The molecular weight excluding hydrogens is 405 g/mol. The third-order valence-corrected chi connectivity index (χ3v) is 4.13. The van der Waals surface area contributed by atoms with Crippen molar-refractivity contribution in [2.75, 3.05) is 13.2 Å². The molecule has 1 heterocycles. The molecule has 0 aliphatic rings. The van der Waals surface area contributed by atoms with Crippen molar-refractivity contribution in [3.63, 3.8) is 0 Å². The minimum atomic E-state index is -0.783. The van der Waals surface area contributed by atoms with Gasteiger partial charge in [0, 0.05) is 6.54 Å². The summed E-state index contributed by atoms with van der Waals surface area (Å²) < 4.78 is 24.4. The standard InChI is InChI=1S/C22H20FN3O5/c1-2-30-22(29)21-18(12-20(28)26(25-21)17-6-4-3-5-7-17)31-14-19(27)24-13-15-8-10-16(23)11-9-15/h3-12H,2,13-14H2,1H3,(H,24,27). The van der Waals surface area contributed by atoms with E-state index in [0.717, 1.165) is 10.7 Å². The molecule has 31 heavy (non-hydrogen) atoms. The highest BCUT2D eigenvalue weighted by atomic mass is 19.1. The third kappa shape index (κ3) is 5.75. The summed E-state index contributed by atoms with van der Waals surface area (Å²) in [7, 11) is 0. The molecule has 0 atom stereocenters. The Morgan fingerprint density at radius 3 is 2.48 bits per heavy atom. The average molecular weight is 425 g/mol. The number of hydrogen-bond donors (Lipinski definition) is 1. The molecule has 0 unspecified atom stereocenters. The molecule has 1 N–H and O–H groups in total. The molecule has 0 saturated carbocycles. The van der Waals surface area contributed by atoms with E-state index in [0.29, 0.717) is 11.3 Å². The van der Waals surface area contributed by atoms with Gasteiger partial charge in [-0.15, -0.1) is 0 Å². The molecule has 3 rings (SSSR count). The Balaban J connectivity index is 1.75. The molecule has 0 aliphatic heterocycles. The Morgan fingerprint density at radius 1 is 1.10 bits per heavy atom. The number of ether oxygens (including phenoxy) is 2. The number of carbonyl (C=O) groups is 2. The molecule has 160 valence electrons. The van der Waals surface area contributed by atoms with Gasteiger partial charge in [0.2, 0.25) is 5.69 Å². The van der Waals surface area contributed by atoms with Crippen LogP contribution in [0.15, 0.2) is 65.5 Å². The van der Waals surface area contributed by atoms with Crippen LogP contribution in [0.4, 0.5) is 4.39 Å². The number of amides is 1. The molecule has 3 aromatic rings. The van der Waals surface area contributed by atoms with Crippen LogP contribution in [0.3, 0.4) is 0 Å². The fraction of sp³-hybridized carbons (Fsp3) is 0.182. The van der Waals surface area contributed by atoms with Gasteiger partial charge in [0.15, 0.2) is 12.4 Å². The van der Waals surface area contributed by atoms with Crippen molar-refractivity contribution >= 4 is 11.9 Å². The predicted molar refractivity (Wildman–Crippen MR) is 110 cm³/mol. The number of aromatic nitrogens is 2. The molecule has 0 spiro atoms. The van der Waals surface area contributed by atoms with Crippen LogP contribution in [0.1, 0.15) is 23.0 Å². The number of halogens is 1. The second-order valence-corrected chi connectivity index (χ2v) is 6.36. The van der Waals surface area contributed by atoms with Crippen molar-refractivity contribution in [2.45, 2.75) is 13.5 Å². The highest BCUT2D eigenvalue weighted by molar-refractivity contribution is 5.90. The van der Waals surface area contributed by atoms with Gasteiger partial charge in [-0.2, -0.15) is 9.78 Å². The van der Waals surface area contributed by atoms with Crippen LogP contribution in [0.25, 0.3) is 5.69 Å². The number of para-hydroxylation sites is 1. The molecule has 8 nitrogen and oxygen atoms in total. The van der Waals surface area contributed by atoms with Gasteiger partial charge in [-0.1, -0.05) is 30.3 Å². The minimum Gasteiger partial charge on any atom is -0.481 e. The smallest absolute Gasteiger partial charge is 0.362 e. The van der Waals surface area contributed by atoms with Crippen LogP contribution < -0.4 is 15.6 Å². The van der Waals surface area contributed by atoms with Crippen molar-refractivity contribution in [1.29, 1.82) is 0 Å². The summed E-state index contributed by atoms with van der Waals surface area (Å²) >= 11 is 0. The van der Waals surface area contributed by atoms with Crippen LogP contribution in [0, 0.1) is 5.82 Å². The fourth-order valence-electron chi connectivity index (χ4n) is 2.64. The number of hydrogen-bond acceptors (Lipinski definition) is 6. The third-order valence-electron chi connectivity index (χ3n) is 4.13. The first-order valence-electron chi connectivity index (χ1n) is 9.48. The second kappa shape index (κ2) is 10.1. The lowest BCUT2D eigenvalue weighted by atomic mass is 10.2. The Morgan fingerprint density at radius 2 is 1.81 bits per heavy atom. The zero-order chi connectivity index (χ0) is 22.2. The Labute approximate surface area is 177 Å². The van der Waals surface area contributed by atoms with Crippen LogP contribution in [0.5, 0.6) is 5.75 Å².